The first-order valence-electron chi connectivity index (χ1n) is 6.90. The molecule has 6 nitrogen and oxygen atoms in total. The Labute approximate surface area is 124 Å². The van der Waals surface area contributed by atoms with Gasteiger partial charge >= 0.3 is 0 Å². The fourth-order valence-electron chi connectivity index (χ4n) is 1.84. The zero-order chi connectivity index (χ0) is 15.9. The van der Waals surface area contributed by atoms with Crippen molar-refractivity contribution in [2.24, 2.45) is 0 Å². The predicted octanol–water partition coefficient (Wildman–Crippen LogP) is 0.957. The van der Waals surface area contributed by atoms with Gasteiger partial charge in [-0.05, 0) is 31.5 Å². The third-order valence-corrected chi connectivity index (χ3v) is 3.39. The third kappa shape index (κ3) is 4.09. The quantitative estimate of drug-likeness (QED) is 0.665. The number of nitrogens with one attached hydrogen (secondary N) is 1. The molecule has 1 amide bonds. The van der Waals surface area contributed by atoms with Crippen molar-refractivity contribution in [3.05, 3.63) is 23.8 Å². The van der Waals surface area contributed by atoms with Gasteiger partial charge in [-0.25, -0.2) is 0 Å². The van der Waals surface area contributed by atoms with E-state index in [2.05, 4.69) is 5.32 Å². The van der Waals surface area contributed by atoms with Crippen LogP contribution in [0.5, 0.6) is 11.5 Å². The highest BCUT2D eigenvalue weighted by molar-refractivity contribution is 5.95. The molecular formula is C15H23NO5. The molecule has 21 heavy (non-hydrogen) atoms. The number of hydrogen-bond donors (Lipinski definition) is 3. The summed E-state index contributed by atoms with van der Waals surface area (Å²) in [7, 11) is 1.53. The van der Waals surface area contributed by atoms with Gasteiger partial charge in [0.2, 0.25) is 0 Å². The van der Waals surface area contributed by atoms with Crippen LogP contribution in [-0.2, 0) is 0 Å². The maximum Gasteiger partial charge on any atom is 0.252 e. The Hall–Kier alpha value is -1.79. The van der Waals surface area contributed by atoms with Crippen molar-refractivity contribution in [2.75, 3.05) is 26.9 Å². The van der Waals surface area contributed by atoms with E-state index in [1.54, 1.807) is 25.1 Å². The second-order valence-corrected chi connectivity index (χ2v) is 4.70. The average Bonchev–Trinajstić information content (AvgIpc) is 2.53. The zero-order valence-corrected chi connectivity index (χ0v) is 12.7. The molecule has 118 valence electrons. The molecule has 0 radical (unpaired) electrons. The number of carbonyl (C=O) groups excluding carboxylic acids is 1. The van der Waals surface area contributed by atoms with Crippen LogP contribution >= 0.6 is 0 Å². The van der Waals surface area contributed by atoms with Crippen LogP contribution < -0.4 is 14.8 Å². The summed E-state index contributed by atoms with van der Waals surface area (Å²) in [6.07, 6.45) is 0.417. The monoisotopic (exact) mass is 297 g/mol. The van der Waals surface area contributed by atoms with Crippen LogP contribution in [-0.4, -0.2) is 48.6 Å². The number of methoxy groups -OCH3 is 1. The van der Waals surface area contributed by atoms with Gasteiger partial charge in [0.15, 0.2) is 11.5 Å². The molecule has 0 aromatic heterocycles. The number of amides is 1. The molecule has 0 aliphatic rings. The minimum absolute atomic E-state index is 0.333. The molecule has 0 aliphatic carbocycles. The van der Waals surface area contributed by atoms with E-state index in [9.17, 15) is 15.0 Å². The van der Waals surface area contributed by atoms with Crippen molar-refractivity contribution in [1.82, 2.24) is 5.32 Å². The van der Waals surface area contributed by atoms with Gasteiger partial charge in [0.25, 0.3) is 5.91 Å². The van der Waals surface area contributed by atoms with Gasteiger partial charge in [-0.3, -0.25) is 4.79 Å². The number of ether oxygens (including phenoxy) is 2. The van der Waals surface area contributed by atoms with Gasteiger partial charge < -0.3 is 25.0 Å². The van der Waals surface area contributed by atoms with Crippen LogP contribution in [0.1, 0.15) is 30.6 Å². The summed E-state index contributed by atoms with van der Waals surface area (Å²) in [5.41, 5.74) is -0.651. The lowest BCUT2D eigenvalue weighted by Gasteiger charge is -2.29. The minimum atomic E-state index is -1.03. The van der Waals surface area contributed by atoms with Crippen molar-refractivity contribution in [2.45, 2.75) is 25.8 Å². The van der Waals surface area contributed by atoms with Gasteiger partial charge in [-0.15, -0.1) is 0 Å². The summed E-state index contributed by atoms with van der Waals surface area (Å²) in [5.74, 6) is 0.630. The Balaban J connectivity index is 2.99. The zero-order valence-electron chi connectivity index (χ0n) is 12.7. The largest absolute Gasteiger partial charge is 0.493 e. The summed E-state index contributed by atoms with van der Waals surface area (Å²) in [4.78, 5) is 12.3. The number of rotatable bonds is 8. The second kappa shape index (κ2) is 7.85. The molecule has 1 aromatic carbocycles. The average molecular weight is 297 g/mol. The van der Waals surface area contributed by atoms with Gasteiger partial charge in [0.1, 0.15) is 0 Å². The number of hydrogen-bond acceptors (Lipinski definition) is 5. The molecule has 6 heteroatoms. The molecule has 0 heterocycles. The van der Waals surface area contributed by atoms with Crippen molar-refractivity contribution in [3.63, 3.8) is 0 Å². The number of benzene rings is 1. The molecule has 0 saturated heterocycles. The smallest absolute Gasteiger partial charge is 0.252 e. The van der Waals surface area contributed by atoms with E-state index in [1.807, 2.05) is 6.92 Å². The molecular weight excluding hydrogens is 274 g/mol. The third-order valence-electron chi connectivity index (χ3n) is 3.39. The van der Waals surface area contributed by atoms with E-state index >= 15 is 0 Å². The van der Waals surface area contributed by atoms with E-state index in [4.69, 9.17) is 9.47 Å². The number of aliphatic hydroxyl groups is 2. The van der Waals surface area contributed by atoms with E-state index < -0.39 is 5.54 Å². The fourth-order valence-corrected chi connectivity index (χ4v) is 1.84. The number of aliphatic hydroxyl groups excluding tert-OH is 2. The number of carbonyl (C=O) groups is 1. The molecule has 1 aromatic rings. The SMILES string of the molecule is CCOc1cc(C(=O)NC(CC)(CO)CO)ccc1OC. The highest BCUT2D eigenvalue weighted by Crippen LogP contribution is 2.28. The minimum Gasteiger partial charge on any atom is -0.493 e. The lowest BCUT2D eigenvalue weighted by atomic mass is 9.97. The molecule has 0 unspecified atom stereocenters. The van der Waals surface area contributed by atoms with Gasteiger partial charge in [-0.2, -0.15) is 0 Å². The molecule has 0 bridgehead atoms. The van der Waals surface area contributed by atoms with Crippen molar-refractivity contribution in [1.29, 1.82) is 0 Å². The summed E-state index contributed by atoms with van der Waals surface area (Å²) >= 11 is 0. The molecule has 0 saturated carbocycles. The first-order valence-corrected chi connectivity index (χ1v) is 6.90. The van der Waals surface area contributed by atoms with Crippen molar-refractivity contribution in [3.8, 4) is 11.5 Å². The van der Waals surface area contributed by atoms with E-state index in [0.717, 1.165) is 0 Å². The highest BCUT2D eigenvalue weighted by atomic mass is 16.5. The molecule has 0 spiro atoms. The lowest BCUT2D eigenvalue weighted by molar-refractivity contribution is 0.0652. The van der Waals surface area contributed by atoms with Crippen LogP contribution in [0.3, 0.4) is 0 Å². The summed E-state index contributed by atoms with van der Waals surface area (Å²) in [6.45, 7) is 3.41. The molecule has 1 rings (SSSR count). The van der Waals surface area contributed by atoms with E-state index in [0.29, 0.717) is 30.1 Å². The molecule has 0 fully saturated rings. The normalized spacial score (nSPS) is 11.1. The first-order chi connectivity index (χ1) is 10.1. The van der Waals surface area contributed by atoms with Crippen LogP contribution in [0.15, 0.2) is 18.2 Å². The van der Waals surface area contributed by atoms with Crippen LogP contribution in [0.2, 0.25) is 0 Å². The summed E-state index contributed by atoms with van der Waals surface area (Å²) < 4.78 is 10.6. The van der Waals surface area contributed by atoms with E-state index in [-0.39, 0.29) is 19.1 Å². The van der Waals surface area contributed by atoms with Crippen LogP contribution in [0.4, 0.5) is 0 Å². The van der Waals surface area contributed by atoms with Crippen molar-refractivity contribution < 1.29 is 24.5 Å². The standard InChI is InChI=1S/C15H23NO5/c1-4-15(9-17,10-18)16-14(19)11-6-7-12(20-3)13(8-11)21-5-2/h6-8,17-18H,4-5,9-10H2,1-3H3,(H,16,19). The summed E-state index contributed by atoms with van der Waals surface area (Å²) in [5, 5.41) is 21.4. The highest BCUT2D eigenvalue weighted by Gasteiger charge is 2.29. The van der Waals surface area contributed by atoms with Gasteiger partial charge in [0.05, 0.1) is 32.5 Å². The maximum atomic E-state index is 12.3. The summed E-state index contributed by atoms with van der Waals surface area (Å²) in [6, 6.07) is 4.82. The maximum absolute atomic E-state index is 12.3. The fraction of sp³-hybridized carbons (Fsp3) is 0.533. The first kappa shape index (κ1) is 17.3. The lowest BCUT2D eigenvalue weighted by Crippen LogP contribution is -2.53. The topological polar surface area (TPSA) is 88.0 Å². The Morgan fingerprint density at radius 1 is 1.24 bits per heavy atom. The molecule has 0 aliphatic heterocycles. The Kier molecular flexibility index (Phi) is 6.45. The predicted molar refractivity (Wildman–Crippen MR) is 78.8 cm³/mol. The van der Waals surface area contributed by atoms with Crippen molar-refractivity contribution >= 4 is 5.91 Å². The van der Waals surface area contributed by atoms with E-state index in [1.165, 1.54) is 7.11 Å². The van der Waals surface area contributed by atoms with Crippen LogP contribution in [0.25, 0.3) is 0 Å². The second-order valence-electron chi connectivity index (χ2n) is 4.70. The molecule has 0 atom stereocenters. The van der Waals surface area contributed by atoms with Gasteiger partial charge in [-0.1, -0.05) is 6.92 Å². The van der Waals surface area contributed by atoms with Gasteiger partial charge in [0, 0.05) is 5.56 Å². The Bertz CT molecular complexity index is 463. The Morgan fingerprint density at radius 3 is 2.38 bits per heavy atom. The molecule has 3 N–H and O–H groups in total. The van der Waals surface area contributed by atoms with Crippen LogP contribution in [0, 0.1) is 0 Å². The Morgan fingerprint density at radius 2 is 1.90 bits per heavy atom.